The quantitative estimate of drug-likeness (QED) is 0.455. The standard InChI is InChI=1S/C21H20N4O5/c1-12-19(26)23-16-8-4-2-7-15(16)21(28)24-11-13(14-6-3-5-9-17(14)24)10-18(25(29)30)20(27)22-12/h2-9,11-12,18,29-30H,10H2,1H3,(H,22,27)(H,23,26). The predicted octanol–water partition coefficient (Wildman–Crippen LogP) is 1.78. The molecule has 1 aliphatic heterocycles. The van der Waals surface area contributed by atoms with Crippen molar-refractivity contribution < 1.29 is 24.8 Å². The van der Waals surface area contributed by atoms with E-state index in [0.29, 0.717) is 27.7 Å². The maximum Gasteiger partial charge on any atom is 0.264 e. The number of hydrogen-bond acceptors (Lipinski definition) is 6. The highest BCUT2D eigenvalue weighted by atomic mass is 16.8. The van der Waals surface area contributed by atoms with Gasteiger partial charge in [0.25, 0.3) is 5.91 Å². The van der Waals surface area contributed by atoms with Crippen LogP contribution in [0.2, 0.25) is 0 Å². The Bertz CT molecular complexity index is 1150. The first kappa shape index (κ1) is 19.8. The predicted molar refractivity (Wildman–Crippen MR) is 107 cm³/mol. The lowest BCUT2D eigenvalue weighted by atomic mass is 10.0. The van der Waals surface area contributed by atoms with Crippen molar-refractivity contribution in [2.45, 2.75) is 25.4 Å². The van der Waals surface area contributed by atoms with Gasteiger partial charge in [-0.15, -0.1) is 0 Å². The van der Waals surface area contributed by atoms with Crippen LogP contribution < -0.4 is 10.6 Å². The van der Waals surface area contributed by atoms with Gasteiger partial charge in [0.15, 0.2) is 0 Å². The van der Waals surface area contributed by atoms with Gasteiger partial charge in [-0.2, -0.15) is 0 Å². The molecule has 4 N–H and O–H groups in total. The number of nitrogens with zero attached hydrogens (tertiary/aromatic N) is 2. The minimum atomic E-state index is -1.38. The minimum absolute atomic E-state index is 0.0877. The fraction of sp³-hybridized carbons (Fsp3) is 0.190. The Labute approximate surface area is 171 Å². The van der Waals surface area contributed by atoms with E-state index in [1.807, 2.05) is 0 Å². The van der Waals surface area contributed by atoms with Crippen LogP contribution in [0.5, 0.6) is 0 Å². The maximum absolute atomic E-state index is 13.4. The molecule has 0 fully saturated rings. The van der Waals surface area contributed by atoms with Gasteiger partial charge in [0.05, 0.1) is 16.8 Å². The van der Waals surface area contributed by atoms with Gasteiger partial charge >= 0.3 is 0 Å². The molecule has 2 amide bonds. The van der Waals surface area contributed by atoms with Crippen LogP contribution in [-0.2, 0) is 16.0 Å². The summed E-state index contributed by atoms with van der Waals surface area (Å²) < 4.78 is 1.44. The van der Waals surface area contributed by atoms with E-state index in [2.05, 4.69) is 10.6 Å². The van der Waals surface area contributed by atoms with E-state index in [0.717, 1.165) is 0 Å². The first-order valence-electron chi connectivity index (χ1n) is 9.37. The fourth-order valence-electron chi connectivity index (χ4n) is 3.59. The summed E-state index contributed by atoms with van der Waals surface area (Å²) in [5, 5.41) is 25.0. The third kappa shape index (κ3) is 3.45. The summed E-state index contributed by atoms with van der Waals surface area (Å²) in [6.45, 7) is 1.47. The van der Waals surface area contributed by atoms with Crippen LogP contribution in [-0.4, -0.2) is 50.0 Å². The number of carbonyl (C=O) groups excluding carboxylic acids is 3. The lowest BCUT2D eigenvalue weighted by Gasteiger charge is -2.22. The molecule has 3 aromatic rings. The van der Waals surface area contributed by atoms with E-state index in [1.165, 1.54) is 11.5 Å². The summed E-state index contributed by atoms with van der Waals surface area (Å²) in [6.07, 6.45) is 1.49. The Balaban J connectivity index is 1.93. The molecular formula is C21H20N4O5. The summed E-state index contributed by atoms with van der Waals surface area (Å²) in [6, 6.07) is 11.4. The smallest absolute Gasteiger partial charge is 0.264 e. The molecule has 0 spiro atoms. The molecule has 2 bridgehead atoms. The minimum Gasteiger partial charge on any atom is -0.343 e. The van der Waals surface area contributed by atoms with Gasteiger partial charge in [-0.3, -0.25) is 29.4 Å². The van der Waals surface area contributed by atoms with E-state index < -0.39 is 23.9 Å². The number of nitrogens with one attached hydrogen (secondary N) is 2. The Morgan fingerprint density at radius 3 is 2.47 bits per heavy atom. The van der Waals surface area contributed by atoms with Crippen LogP contribution >= 0.6 is 0 Å². The third-order valence-corrected chi connectivity index (χ3v) is 5.18. The molecule has 9 nitrogen and oxygen atoms in total. The first-order chi connectivity index (χ1) is 14.4. The van der Waals surface area contributed by atoms with Crippen molar-refractivity contribution in [1.82, 2.24) is 15.1 Å². The van der Waals surface area contributed by atoms with Crippen LogP contribution in [0, 0.1) is 0 Å². The Kier molecular flexibility index (Phi) is 5.08. The van der Waals surface area contributed by atoms with E-state index in [-0.39, 0.29) is 17.6 Å². The van der Waals surface area contributed by atoms with E-state index in [4.69, 9.17) is 0 Å². The maximum atomic E-state index is 13.4. The highest BCUT2D eigenvalue weighted by molar-refractivity contribution is 6.09. The second kappa shape index (κ2) is 7.71. The number of benzene rings is 2. The summed E-state index contributed by atoms with van der Waals surface area (Å²) in [7, 11) is 0. The molecule has 4 rings (SSSR count). The van der Waals surface area contributed by atoms with Crippen molar-refractivity contribution in [3.8, 4) is 0 Å². The molecule has 2 heterocycles. The molecule has 154 valence electrons. The highest BCUT2D eigenvalue weighted by Gasteiger charge is 2.30. The summed E-state index contributed by atoms with van der Waals surface area (Å²) in [5.41, 5.74) is 1.79. The summed E-state index contributed by atoms with van der Waals surface area (Å²) in [5.74, 6) is -1.64. The number of carbonyl (C=O) groups is 3. The zero-order valence-electron chi connectivity index (χ0n) is 16.1. The number of anilines is 1. The normalized spacial score (nSPS) is 20.1. The molecule has 0 aliphatic carbocycles. The highest BCUT2D eigenvalue weighted by Crippen LogP contribution is 2.26. The molecule has 0 saturated heterocycles. The zero-order chi connectivity index (χ0) is 21.4. The van der Waals surface area contributed by atoms with Crippen molar-refractivity contribution in [3.05, 3.63) is 65.9 Å². The second-order valence-electron chi connectivity index (χ2n) is 7.15. The number of hydrogen-bond donors (Lipinski definition) is 4. The topological polar surface area (TPSA) is 124 Å². The lowest BCUT2D eigenvalue weighted by molar-refractivity contribution is -0.324. The van der Waals surface area contributed by atoms with Crippen LogP contribution in [0.25, 0.3) is 10.9 Å². The van der Waals surface area contributed by atoms with Crippen LogP contribution in [0.1, 0.15) is 22.8 Å². The van der Waals surface area contributed by atoms with Crippen molar-refractivity contribution in [2.75, 3.05) is 5.32 Å². The first-order valence-corrected chi connectivity index (χ1v) is 9.37. The largest absolute Gasteiger partial charge is 0.343 e. The number of fused-ring (bicyclic) bond motifs is 6. The Hall–Kier alpha value is -3.53. The summed E-state index contributed by atoms with van der Waals surface area (Å²) >= 11 is 0. The van der Waals surface area contributed by atoms with Crippen molar-refractivity contribution in [1.29, 1.82) is 0 Å². The van der Waals surface area contributed by atoms with Gasteiger partial charge in [0, 0.05) is 18.0 Å². The molecule has 0 saturated carbocycles. The Morgan fingerprint density at radius 1 is 1.00 bits per heavy atom. The van der Waals surface area contributed by atoms with Crippen LogP contribution in [0.3, 0.4) is 0 Å². The van der Waals surface area contributed by atoms with Gasteiger partial charge in [0.2, 0.25) is 11.8 Å². The SMILES string of the molecule is CC1NC(=O)C(N(O)O)Cc2cn(c3ccccc23)C(=O)c2ccccc2NC1=O. The molecular weight excluding hydrogens is 388 g/mol. The number of para-hydroxylation sites is 2. The molecule has 0 radical (unpaired) electrons. The van der Waals surface area contributed by atoms with E-state index >= 15 is 0 Å². The monoisotopic (exact) mass is 408 g/mol. The molecule has 2 unspecified atom stereocenters. The average molecular weight is 408 g/mol. The molecule has 1 aliphatic rings. The average Bonchev–Trinajstić information content (AvgIpc) is 3.09. The van der Waals surface area contributed by atoms with Crippen molar-refractivity contribution >= 4 is 34.3 Å². The summed E-state index contributed by atoms with van der Waals surface area (Å²) in [4.78, 5) is 38.6. The molecule has 2 aromatic carbocycles. The molecule has 30 heavy (non-hydrogen) atoms. The number of amides is 2. The number of hydroxylamine groups is 2. The molecule has 2 atom stereocenters. The zero-order valence-corrected chi connectivity index (χ0v) is 16.1. The molecule has 1 aromatic heterocycles. The fourth-order valence-corrected chi connectivity index (χ4v) is 3.59. The van der Waals surface area contributed by atoms with Crippen molar-refractivity contribution in [2.24, 2.45) is 0 Å². The van der Waals surface area contributed by atoms with Gasteiger partial charge in [-0.05, 0) is 30.7 Å². The number of rotatable bonds is 1. The Morgan fingerprint density at radius 2 is 1.70 bits per heavy atom. The van der Waals surface area contributed by atoms with E-state index in [9.17, 15) is 24.8 Å². The lowest BCUT2D eigenvalue weighted by Crippen LogP contribution is -2.51. The van der Waals surface area contributed by atoms with Crippen molar-refractivity contribution in [3.63, 3.8) is 0 Å². The second-order valence-corrected chi connectivity index (χ2v) is 7.15. The van der Waals surface area contributed by atoms with Crippen LogP contribution in [0.15, 0.2) is 54.7 Å². The number of aromatic nitrogens is 1. The van der Waals surface area contributed by atoms with E-state index in [1.54, 1.807) is 54.7 Å². The van der Waals surface area contributed by atoms with Gasteiger partial charge in [-0.25, -0.2) is 0 Å². The van der Waals surface area contributed by atoms with Gasteiger partial charge < -0.3 is 10.6 Å². The van der Waals surface area contributed by atoms with Crippen LogP contribution in [0.4, 0.5) is 5.69 Å². The van der Waals surface area contributed by atoms with Gasteiger partial charge in [0.1, 0.15) is 12.1 Å². The molecule has 9 heteroatoms. The van der Waals surface area contributed by atoms with Gasteiger partial charge in [-0.1, -0.05) is 35.6 Å². The third-order valence-electron chi connectivity index (χ3n) is 5.18.